The third-order valence-electron chi connectivity index (χ3n) is 1.73. The van der Waals surface area contributed by atoms with Crippen molar-refractivity contribution >= 4 is 15.9 Å². The molecule has 1 aromatic rings. The van der Waals surface area contributed by atoms with E-state index in [1.165, 1.54) is 0 Å². The second-order valence-corrected chi connectivity index (χ2v) is 3.63. The summed E-state index contributed by atoms with van der Waals surface area (Å²) in [6, 6.07) is 3.38. The lowest BCUT2D eigenvalue weighted by atomic mass is 10.1. The molecule has 0 fully saturated rings. The lowest BCUT2D eigenvalue weighted by Crippen LogP contribution is -2.12. The van der Waals surface area contributed by atoms with Crippen LogP contribution in [-0.2, 0) is 0 Å². The van der Waals surface area contributed by atoms with Crippen molar-refractivity contribution in [2.24, 2.45) is 5.73 Å². The van der Waals surface area contributed by atoms with E-state index in [1.807, 2.05) is 6.07 Å². The first-order valence-electron chi connectivity index (χ1n) is 4.01. The Morgan fingerprint density at radius 1 is 1.79 bits per heavy atom. The van der Waals surface area contributed by atoms with Crippen LogP contribution in [0.4, 0.5) is 0 Å². The molecule has 0 aliphatic rings. The van der Waals surface area contributed by atoms with Gasteiger partial charge in [0.25, 0.3) is 0 Å². The zero-order valence-corrected chi connectivity index (χ0v) is 9.28. The second kappa shape index (κ2) is 4.94. The van der Waals surface area contributed by atoms with E-state index in [4.69, 9.17) is 15.7 Å². The predicted molar refractivity (Wildman–Crippen MR) is 55.6 cm³/mol. The van der Waals surface area contributed by atoms with Crippen LogP contribution in [0, 0.1) is 11.3 Å². The van der Waals surface area contributed by atoms with E-state index < -0.39 is 6.04 Å². The smallest absolute Gasteiger partial charge is 0.143 e. The molecule has 14 heavy (non-hydrogen) atoms. The quantitative estimate of drug-likeness (QED) is 0.894. The molecule has 1 atom stereocenters. The number of methoxy groups -OCH3 is 1. The zero-order valence-electron chi connectivity index (χ0n) is 7.70. The maximum atomic E-state index is 8.51. The summed E-state index contributed by atoms with van der Waals surface area (Å²) in [7, 11) is 1.55. The van der Waals surface area contributed by atoms with Crippen molar-refractivity contribution in [2.45, 2.75) is 12.5 Å². The zero-order chi connectivity index (χ0) is 10.6. The number of hydrogen-bond acceptors (Lipinski definition) is 4. The minimum absolute atomic E-state index is 0.227. The van der Waals surface area contributed by atoms with Crippen molar-refractivity contribution in [3.8, 4) is 11.8 Å². The molecule has 0 bridgehead atoms. The third kappa shape index (κ3) is 2.44. The van der Waals surface area contributed by atoms with Gasteiger partial charge in [0.15, 0.2) is 0 Å². The Balaban J connectivity index is 3.02. The van der Waals surface area contributed by atoms with Gasteiger partial charge in [-0.1, -0.05) is 0 Å². The van der Waals surface area contributed by atoms with Crippen LogP contribution in [0.1, 0.15) is 18.2 Å². The van der Waals surface area contributed by atoms with Gasteiger partial charge in [0.05, 0.1) is 25.6 Å². The van der Waals surface area contributed by atoms with Crippen LogP contribution in [0.5, 0.6) is 5.75 Å². The molecule has 0 aromatic carbocycles. The number of pyridine rings is 1. The SMILES string of the molecule is COc1cc(Br)cnc1[C@@H](N)CC#N. The molecule has 74 valence electrons. The van der Waals surface area contributed by atoms with Gasteiger partial charge in [-0.3, -0.25) is 4.98 Å². The number of aromatic nitrogens is 1. The van der Waals surface area contributed by atoms with Crippen LogP contribution < -0.4 is 10.5 Å². The van der Waals surface area contributed by atoms with E-state index in [1.54, 1.807) is 19.4 Å². The van der Waals surface area contributed by atoms with Crippen molar-refractivity contribution in [1.29, 1.82) is 5.26 Å². The average molecular weight is 256 g/mol. The number of nitrogens with two attached hydrogens (primary N) is 1. The van der Waals surface area contributed by atoms with Gasteiger partial charge >= 0.3 is 0 Å². The van der Waals surface area contributed by atoms with E-state index in [2.05, 4.69) is 20.9 Å². The topological polar surface area (TPSA) is 71.9 Å². The Bertz CT molecular complexity index is 362. The summed E-state index contributed by atoms with van der Waals surface area (Å²) >= 11 is 3.28. The fourth-order valence-corrected chi connectivity index (χ4v) is 1.38. The molecule has 4 nitrogen and oxygen atoms in total. The Kier molecular flexibility index (Phi) is 3.86. The van der Waals surface area contributed by atoms with Crippen molar-refractivity contribution in [3.63, 3.8) is 0 Å². The molecule has 1 aromatic heterocycles. The summed E-state index contributed by atoms with van der Waals surface area (Å²) in [6.07, 6.45) is 1.86. The highest BCUT2D eigenvalue weighted by Crippen LogP contribution is 2.26. The van der Waals surface area contributed by atoms with Crippen LogP contribution in [0.2, 0.25) is 0 Å². The maximum Gasteiger partial charge on any atom is 0.143 e. The Morgan fingerprint density at radius 3 is 3.07 bits per heavy atom. The summed E-state index contributed by atoms with van der Waals surface area (Å²) in [6.45, 7) is 0. The first-order valence-corrected chi connectivity index (χ1v) is 4.80. The number of halogens is 1. The van der Waals surface area contributed by atoms with Gasteiger partial charge in [0.2, 0.25) is 0 Å². The summed E-state index contributed by atoms with van der Waals surface area (Å²) < 4.78 is 5.93. The fourth-order valence-electron chi connectivity index (χ4n) is 1.07. The largest absolute Gasteiger partial charge is 0.495 e. The molecule has 0 saturated heterocycles. The first kappa shape index (κ1) is 11.0. The molecule has 1 heterocycles. The molecular weight excluding hydrogens is 246 g/mol. The fraction of sp³-hybridized carbons (Fsp3) is 0.333. The van der Waals surface area contributed by atoms with E-state index in [9.17, 15) is 0 Å². The van der Waals surface area contributed by atoms with E-state index in [-0.39, 0.29) is 6.42 Å². The number of nitriles is 1. The molecule has 5 heteroatoms. The monoisotopic (exact) mass is 255 g/mol. The standard InChI is InChI=1S/C9H10BrN3O/c1-14-8-4-6(10)5-13-9(8)7(12)2-3-11/h4-5,7H,2,12H2,1H3/t7-/m0/s1. The normalized spacial score (nSPS) is 11.9. The lowest BCUT2D eigenvalue weighted by Gasteiger charge is -2.11. The van der Waals surface area contributed by atoms with Gasteiger partial charge in [-0.2, -0.15) is 5.26 Å². The molecule has 0 aliphatic carbocycles. The predicted octanol–water partition coefficient (Wildman–Crippen LogP) is 1.77. The van der Waals surface area contributed by atoms with Gasteiger partial charge < -0.3 is 10.5 Å². The van der Waals surface area contributed by atoms with Gasteiger partial charge in [-0.05, 0) is 22.0 Å². The maximum absolute atomic E-state index is 8.51. The molecule has 0 unspecified atom stereocenters. The van der Waals surface area contributed by atoms with Crippen LogP contribution in [0.25, 0.3) is 0 Å². The van der Waals surface area contributed by atoms with E-state index in [0.29, 0.717) is 11.4 Å². The van der Waals surface area contributed by atoms with E-state index >= 15 is 0 Å². The van der Waals surface area contributed by atoms with Crippen molar-refractivity contribution in [2.75, 3.05) is 7.11 Å². The summed E-state index contributed by atoms with van der Waals surface area (Å²) in [5, 5.41) is 8.51. The number of ether oxygens (including phenoxy) is 1. The van der Waals surface area contributed by atoms with Gasteiger partial charge in [0, 0.05) is 10.7 Å². The van der Waals surface area contributed by atoms with Gasteiger partial charge in [-0.25, -0.2) is 0 Å². The molecule has 2 N–H and O–H groups in total. The third-order valence-corrected chi connectivity index (χ3v) is 2.16. The van der Waals surface area contributed by atoms with Crippen molar-refractivity contribution in [3.05, 3.63) is 22.4 Å². The van der Waals surface area contributed by atoms with Crippen molar-refractivity contribution in [1.82, 2.24) is 4.98 Å². The highest BCUT2D eigenvalue weighted by atomic mass is 79.9. The molecule has 0 aliphatic heterocycles. The lowest BCUT2D eigenvalue weighted by molar-refractivity contribution is 0.402. The molecule has 0 amide bonds. The number of nitrogens with zero attached hydrogens (tertiary/aromatic N) is 2. The summed E-state index contributed by atoms with van der Waals surface area (Å²) in [5.74, 6) is 0.599. The summed E-state index contributed by atoms with van der Waals surface area (Å²) in [5.41, 5.74) is 6.36. The number of hydrogen-bond donors (Lipinski definition) is 1. The minimum atomic E-state index is -0.400. The van der Waals surface area contributed by atoms with E-state index in [0.717, 1.165) is 4.47 Å². The first-order chi connectivity index (χ1) is 6.69. The minimum Gasteiger partial charge on any atom is -0.495 e. The Hall–Kier alpha value is -1.12. The molecule has 1 rings (SSSR count). The Morgan fingerprint density at radius 2 is 2.50 bits per heavy atom. The molecule has 0 spiro atoms. The average Bonchev–Trinajstić information content (AvgIpc) is 2.17. The van der Waals surface area contributed by atoms with Crippen LogP contribution >= 0.6 is 15.9 Å². The highest BCUT2D eigenvalue weighted by Gasteiger charge is 2.13. The van der Waals surface area contributed by atoms with Crippen LogP contribution in [0.3, 0.4) is 0 Å². The van der Waals surface area contributed by atoms with Gasteiger partial charge in [-0.15, -0.1) is 0 Å². The molecular formula is C9H10BrN3O. The van der Waals surface area contributed by atoms with Crippen LogP contribution in [0.15, 0.2) is 16.7 Å². The second-order valence-electron chi connectivity index (χ2n) is 2.71. The highest BCUT2D eigenvalue weighted by molar-refractivity contribution is 9.10. The summed E-state index contributed by atoms with van der Waals surface area (Å²) in [4.78, 5) is 4.12. The molecule has 0 radical (unpaired) electrons. The Labute approximate surface area is 90.8 Å². The van der Waals surface area contributed by atoms with Crippen molar-refractivity contribution < 1.29 is 4.74 Å². The number of rotatable bonds is 3. The van der Waals surface area contributed by atoms with Gasteiger partial charge in [0.1, 0.15) is 11.4 Å². The van der Waals surface area contributed by atoms with Crippen LogP contribution in [-0.4, -0.2) is 12.1 Å². The molecule has 0 saturated carbocycles.